The fraction of sp³-hybridized carbons (Fsp3) is 0.458. The summed E-state index contributed by atoms with van der Waals surface area (Å²) >= 11 is 0. The average molecular weight is 423 g/mol. The molecule has 2 aromatic heterocycles. The van der Waals surface area contributed by atoms with Crippen LogP contribution in [0.5, 0.6) is 0 Å². The number of nitrogens with one attached hydrogen (secondary N) is 1. The van der Waals surface area contributed by atoms with Gasteiger partial charge in [-0.15, -0.1) is 0 Å². The summed E-state index contributed by atoms with van der Waals surface area (Å²) in [5, 5.41) is 13.3. The molecule has 2 aromatic rings. The van der Waals surface area contributed by atoms with Crippen LogP contribution in [0.1, 0.15) is 43.3 Å². The molecule has 0 aliphatic carbocycles. The standard InChI is InChI=1S/C24H30N4O3/c1-3-7-16-9-10-20-21-18(14-28(20)24(16)31)19(15-29)22(27(21)12-4-2)23(30)26-13-17-8-5-6-11-25-17/h3,5-11,18-19,21-22,29H,4,12-15H2,1-2H3,(H,26,30)/b7-3-/t18-,19-,21+,22-/m0/s1. The number of aliphatic hydroxyl groups excluding tert-OH is 1. The normalized spacial score (nSPS) is 25.0. The number of likely N-dealkylation sites (tertiary alicyclic amines) is 1. The summed E-state index contributed by atoms with van der Waals surface area (Å²) in [5.41, 5.74) is 2.40. The number of carbonyl (C=O) groups is 1. The predicted octanol–water partition coefficient (Wildman–Crippen LogP) is 1.97. The van der Waals surface area contributed by atoms with E-state index >= 15 is 0 Å². The molecule has 2 aliphatic heterocycles. The van der Waals surface area contributed by atoms with E-state index in [9.17, 15) is 14.7 Å². The van der Waals surface area contributed by atoms with E-state index in [2.05, 4.69) is 22.1 Å². The summed E-state index contributed by atoms with van der Waals surface area (Å²) in [6, 6.07) is 9.01. The Morgan fingerprint density at radius 1 is 1.32 bits per heavy atom. The summed E-state index contributed by atoms with van der Waals surface area (Å²) in [4.78, 5) is 32.7. The zero-order valence-corrected chi connectivity index (χ0v) is 18.1. The van der Waals surface area contributed by atoms with Gasteiger partial charge in [0.1, 0.15) is 0 Å². The first kappa shape index (κ1) is 21.5. The molecule has 164 valence electrons. The van der Waals surface area contributed by atoms with Crippen LogP contribution in [-0.4, -0.2) is 44.7 Å². The number of allylic oxidation sites excluding steroid dienone is 1. The van der Waals surface area contributed by atoms with E-state index in [1.54, 1.807) is 6.20 Å². The van der Waals surface area contributed by atoms with Crippen molar-refractivity contribution >= 4 is 12.0 Å². The van der Waals surface area contributed by atoms with Crippen LogP contribution in [0.3, 0.4) is 0 Å². The Labute approximate surface area is 182 Å². The molecule has 4 rings (SSSR count). The first-order chi connectivity index (χ1) is 15.1. The van der Waals surface area contributed by atoms with Crippen molar-refractivity contribution in [3.05, 3.63) is 69.9 Å². The van der Waals surface area contributed by atoms with Gasteiger partial charge in [-0.3, -0.25) is 19.5 Å². The lowest BCUT2D eigenvalue weighted by molar-refractivity contribution is -0.128. The van der Waals surface area contributed by atoms with Crippen molar-refractivity contribution in [2.45, 2.75) is 45.4 Å². The largest absolute Gasteiger partial charge is 0.396 e. The molecule has 0 unspecified atom stereocenters. The highest BCUT2D eigenvalue weighted by atomic mass is 16.3. The first-order valence-corrected chi connectivity index (χ1v) is 11.0. The van der Waals surface area contributed by atoms with Crippen LogP contribution in [-0.2, 0) is 17.9 Å². The van der Waals surface area contributed by atoms with Crippen molar-refractivity contribution in [3.63, 3.8) is 0 Å². The van der Waals surface area contributed by atoms with Crippen molar-refractivity contribution in [2.24, 2.45) is 11.8 Å². The van der Waals surface area contributed by atoms with Crippen LogP contribution in [0.2, 0.25) is 0 Å². The predicted molar refractivity (Wildman–Crippen MR) is 119 cm³/mol. The highest BCUT2D eigenvalue weighted by Crippen LogP contribution is 2.49. The van der Waals surface area contributed by atoms with Gasteiger partial charge in [-0.25, -0.2) is 0 Å². The molecule has 1 amide bonds. The van der Waals surface area contributed by atoms with Gasteiger partial charge >= 0.3 is 0 Å². The van der Waals surface area contributed by atoms with Gasteiger partial charge in [-0.2, -0.15) is 0 Å². The number of amides is 1. The molecule has 0 spiro atoms. The number of aliphatic hydroxyl groups is 1. The molecule has 4 atom stereocenters. The van der Waals surface area contributed by atoms with Gasteiger partial charge in [0.05, 0.1) is 24.3 Å². The molecule has 7 nitrogen and oxygen atoms in total. The summed E-state index contributed by atoms with van der Waals surface area (Å²) in [6.07, 6.45) is 6.27. The van der Waals surface area contributed by atoms with E-state index in [0.29, 0.717) is 18.7 Å². The van der Waals surface area contributed by atoms with E-state index < -0.39 is 6.04 Å². The second-order valence-corrected chi connectivity index (χ2v) is 8.31. The Balaban J connectivity index is 1.64. The number of rotatable bonds is 7. The maximum Gasteiger partial charge on any atom is 0.258 e. The number of nitrogens with zero attached hydrogens (tertiary/aromatic N) is 3. The summed E-state index contributed by atoms with van der Waals surface area (Å²) in [7, 11) is 0. The lowest BCUT2D eigenvalue weighted by Gasteiger charge is -2.30. The molecule has 7 heteroatoms. The van der Waals surface area contributed by atoms with E-state index in [1.165, 1.54) is 0 Å². The Morgan fingerprint density at radius 2 is 2.16 bits per heavy atom. The topological polar surface area (TPSA) is 87.5 Å². The molecule has 0 saturated carbocycles. The molecule has 2 N–H and O–H groups in total. The fourth-order valence-corrected chi connectivity index (χ4v) is 5.23. The lowest BCUT2D eigenvalue weighted by Crippen LogP contribution is -2.48. The lowest BCUT2D eigenvalue weighted by atomic mass is 9.88. The zero-order chi connectivity index (χ0) is 22.0. The molecule has 1 fully saturated rings. The van der Waals surface area contributed by atoms with Crippen molar-refractivity contribution < 1.29 is 9.90 Å². The molecule has 0 bridgehead atoms. The maximum absolute atomic E-state index is 13.3. The summed E-state index contributed by atoms with van der Waals surface area (Å²) < 4.78 is 1.83. The number of carbonyl (C=O) groups excluding carboxylic acids is 1. The molecule has 31 heavy (non-hydrogen) atoms. The maximum atomic E-state index is 13.3. The minimum atomic E-state index is -0.428. The van der Waals surface area contributed by atoms with E-state index in [1.807, 2.05) is 54.0 Å². The molecule has 1 saturated heterocycles. The van der Waals surface area contributed by atoms with E-state index in [4.69, 9.17) is 0 Å². The number of fused-ring (bicyclic) bond motifs is 3. The van der Waals surface area contributed by atoms with Gasteiger partial charge in [0.15, 0.2) is 0 Å². The number of pyridine rings is 2. The van der Waals surface area contributed by atoms with Crippen molar-refractivity contribution in [1.29, 1.82) is 0 Å². The Hall–Kier alpha value is -2.77. The van der Waals surface area contributed by atoms with Crippen LogP contribution < -0.4 is 10.9 Å². The molecule has 4 heterocycles. The van der Waals surface area contributed by atoms with Crippen LogP contribution >= 0.6 is 0 Å². The van der Waals surface area contributed by atoms with Gasteiger partial charge < -0.3 is 15.0 Å². The number of hydrogen-bond donors (Lipinski definition) is 2. The van der Waals surface area contributed by atoms with Crippen LogP contribution in [0.4, 0.5) is 0 Å². The average Bonchev–Trinajstić information content (AvgIpc) is 3.30. The second kappa shape index (κ2) is 9.16. The first-order valence-electron chi connectivity index (χ1n) is 11.0. The molecule has 0 radical (unpaired) electrons. The minimum absolute atomic E-state index is 0.00529. The van der Waals surface area contributed by atoms with Crippen LogP contribution in [0, 0.1) is 11.8 Å². The van der Waals surface area contributed by atoms with Crippen molar-refractivity contribution in [1.82, 2.24) is 19.8 Å². The van der Waals surface area contributed by atoms with E-state index in [0.717, 1.165) is 24.4 Å². The van der Waals surface area contributed by atoms with Gasteiger partial charge in [-0.05, 0) is 44.2 Å². The molecular weight excluding hydrogens is 392 g/mol. The van der Waals surface area contributed by atoms with Crippen molar-refractivity contribution in [2.75, 3.05) is 13.2 Å². The summed E-state index contributed by atoms with van der Waals surface area (Å²) in [5.74, 6) is -0.299. The third-order valence-electron chi connectivity index (χ3n) is 6.49. The summed E-state index contributed by atoms with van der Waals surface area (Å²) in [6.45, 7) is 5.50. The highest BCUT2D eigenvalue weighted by Gasteiger charge is 2.55. The van der Waals surface area contributed by atoms with E-state index in [-0.39, 0.29) is 36.0 Å². The number of hydrogen-bond acceptors (Lipinski definition) is 5. The Morgan fingerprint density at radius 3 is 2.84 bits per heavy atom. The highest BCUT2D eigenvalue weighted by molar-refractivity contribution is 5.82. The smallest absolute Gasteiger partial charge is 0.258 e. The van der Waals surface area contributed by atoms with Crippen LogP contribution in [0.15, 0.2) is 47.4 Å². The second-order valence-electron chi connectivity index (χ2n) is 8.31. The molecular formula is C24H30N4O3. The fourth-order valence-electron chi connectivity index (χ4n) is 5.23. The van der Waals surface area contributed by atoms with Crippen molar-refractivity contribution in [3.8, 4) is 0 Å². The SMILES string of the molecule is C/C=C\c1ccc2n(c1=O)C[C@H]1[C@H](CO)[C@@H](C(=O)NCc3ccccn3)N(CCC)[C@@H]21. The van der Waals surface area contributed by atoms with Crippen LogP contribution in [0.25, 0.3) is 6.08 Å². The zero-order valence-electron chi connectivity index (χ0n) is 18.1. The monoisotopic (exact) mass is 422 g/mol. The molecule has 2 aliphatic rings. The Bertz CT molecular complexity index is 1020. The van der Waals surface area contributed by atoms with Gasteiger partial charge in [0.2, 0.25) is 5.91 Å². The quantitative estimate of drug-likeness (QED) is 0.712. The van der Waals surface area contributed by atoms with Gasteiger partial charge in [0.25, 0.3) is 5.56 Å². The Kier molecular flexibility index (Phi) is 6.34. The van der Waals surface area contributed by atoms with Gasteiger partial charge in [0, 0.05) is 42.4 Å². The third kappa shape index (κ3) is 3.83. The minimum Gasteiger partial charge on any atom is -0.396 e. The van der Waals surface area contributed by atoms with Gasteiger partial charge in [-0.1, -0.05) is 25.1 Å². The third-order valence-corrected chi connectivity index (χ3v) is 6.49. The molecule has 0 aromatic carbocycles. The number of aromatic nitrogens is 2.